The SMILES string of the molecule is CC1(C)CCC[C@@H]1c1cc(CCl)ccc1-c1cc(C(F)F)ccc1F.CC1(C)CCC[C@H]1c1cc(CCl)ccc1-c1cc(C(F)F)ccc1F.COC(=O)C[C@@H](c1cccc(O)c1)C1CC1.COC(=O)C[C@H](c1cccc(O)c1)C1CC1. The number of hydrogen-bond acceptors (Lipinski definition) is 6. The highest BCUT2D eigenvalue weighted by atomic mass is 35.5. The van der Waals surface area contributed by atoms with E-state index in [-0.39, 0.29) is 80.2 Å². The first-order valence-corrected chi connectivity index (χ1v) is 29.4. The molecule has 0 heterocycles. The number of hydrogen-bond donors (Lipinski definition) is 2. The fourth-order valence-corrected chi connectivity index (χ4v) is 12.5. The van der Waals surface area contributed by atoms with Gasteiger partial charge < -0.3 is 19.7 Å². The highest BCUT2D eigenvalue weighted by Gasteiger charge is 2.39. The van der Waals surface area contributed by atoms with Gasteiger partial charge >= 0.3 is 11.9 Å². The quantitative estimate of drug-likeness (QED) is 0.0570. The van der Waals surface area contributed by atoms with Crippen LogP contribution < -0.4 is 0 Å². The Morgan fingerprint density at radius 1 is 0.512 bits per heavy atom. The Balaban J connectivity index is 0.000000161. The number of carbonyl (C=O) groups excluding carboxylic acids is 2. The second kappa shape index (κ2) is 28.5. The van der Waals surface area contributed by atoms with E-state index in [1.54, 1.807) is 24.3 Å². The van der Waals surface area contributed by atoms with Crippen LogP contribution in [0.25, 0.3) is 22.3 Å². The summed E-state index contributed by atoms with van der Waals surface area (Å²) in [5.74, 6) is 2.02. The summed E-state index contributed by atoms with van der Waals surface area (Å²) < 4.78 is 90.8. The third-order valence-electron chi connectivity index (χ3n) is 17.1. The molecule has 4 fully saturated rings. The zero-order valence-corrected chi connectivity index (χ0v) is 49.1. The van der Waals surface area contributed by atoms with Gasteiger partial charge in [-0.1, -0.05) is 113 Å². The number of rotatable bonds is 16. The van der Waals surface area contributed by atoms with Crippen LogP contribution in [0, 0.1) is 34.3 Å². The van der Waals surface area contributed by atoms with Crippen LogP contribution in [0.15, 0.2) is 121 Å². The molecule has 0 radical (unpaired) electrons. The van der Waals surface area contributed by atoms with E-state index in [0.717, 1.165) is 122 Å². The summed E-state index contributed by atoms with van der Waals surface area (Å²) >= 11 is 12.0. The molecule has 4 aliphatic rings. The molecule has 4 saturated carbocycles. The highest BCUT2D eigenvalue weighted by Crippen LogP contribution is 2.53. The van der Waals surface area contributed by atoms with Gasteiger partial charge in [-0.05, 0) is 191 Å². The molecule has 2 N–H and O–H groups in total. The Morgan fingerprint density at radius 2 is 0.890 bits per heavy atom. The molecule has 0 saturated heterocycles. The lowest BCUT2D eigenvalue weighted by molar-refractivity contribution is -0.142. The lowest BCUT2D eigenvalue weighted by Crippen LogP contribution is -2.16. The number of phenols is 2. The highest BCUT2D eigenvalue weighted by molar-refractivity contribution is 6.17. The number of methoxy groups -OCH3 is 2. The first kappa shape index (κ1) is 63.6. The predicted octanol–water partition coefficient (Wildman–Crippen LogP) is 19.8. The number of ether oxygens (including phenoxy) is 2. The number of aromatic hydroxyl groups is 2. The summed E-state index contributed by atoms with van der Waals surface area (Å²) in [6.07, 6.45) is 6.69. The van der Waals surface area contributed by atoms with E-state index in [9.17, 15) is 46.1 Å². The molecule has 4 atom stereocenters. The molecular weight excluding hydrogens is 1100 g/mol. The second-order valence-corrected chi connectivity index (χ2v) is 24.2. The topological polar surface area (TPSA) is 93.1 Å². The number of esters is 2. The number of phenolic OH excluding ortho intramolecular Hbond substituents is 2. The van der Waals surface area contributed by atoms with E-state index >= 15 is 0 Å². The van der Waals surface area contributed by atoms with Crippen LogP contribution >= 0.6 is 23.2 Å². The molecular formula is C68H76Cl2F6O6. The van der Waals surface area contributed by atoms with Crippen LogP contribution in [0.2, 0.25) is 0 Å². The van der Waals surface area contributed by atoms with Gasteiger partial charge in [0.05, 0.1) is 27.1 Å². The van der Waals surface area contributed by atoms with Crippen molar-refractivity contribution in [2.75, 3.05) is 14.2 Å². The van der Waals surface area contributed by atoms with Crippen molar-refractivity contribution >= 4 is 35.1 Å². The van der Waals surface area contributed by atoms with Crippen molar-refractivity contribution in [3.05, 3.63) is 177 Å². The van der Waals surface area contributed by atoms with Crippen molar-refractivity contribution in [1.82, 2.24) is 0 Å². The van der Waals surface area contributed by atoms with Crippen LogP contribution in [-0.4, -0.2) is 36.4 Å². The van der Waals surface area contributed by atoms with Gasteiger partial charge in [-0.15, -0.1) is 23.2 Å². The fourth-order valence-electron chi connectivity index (χ4n) is 12.2. The monoisotopic (exact) mass is 1170 g/mol. The summed E-state index contributed by atoms with van der Waals surface area (Å²) in [6, 6.07) is 32.9. The molecule has 0 bridgehead atoms. The normalized spacial score (nSPS) is 18.5. The number of benzene rings is 6. The minimum Gasteiger partial charge on any atom is -0.508 e. The Bertz CT molecular complexity index is 2910. The van der Waals surface area contributed by atoms with Gasteiger partial charge in [-0.3, -0.25) is 9.59 Å². The largest absolute Gasteiger partial charge is 0.508 e. The molecule has 0 spiro atoms. The van der Waals surface area contributed by atoms with Crippen molar-refractivity contribution in [3.63, 3.8) is 0 Å². The predicted molar refractivity (Wildman–Crippen MR) is 314 cm³/mol. The number of alkyl halides is 6. The van der Waals surface area contributed by atoms with Crippen molar-refractivity contribution in [3.8, 4) is 33.8 Å². The molecule has 10 rings (SSSR count). The maximum atomic E-state index is 14.5. The average molecular weight is 1170 g/mol. The van der Waals surface area contributed by atoms with E-state index in [2.05, 4.69) is 27.7 Å². The Morgan fingerprint density at radius 3 is 1.18 bits per heavy atom. The Labute approximate surface area is 489 Å². The van der Waals surface area contributed by atoms with Crippen LogP contribution in [0.1, 0.15) is 186 Å². The van der Waals surface area contributed by atoms with Crippen LogP contribution in [0.3, 0.4) is 0 Å². The molecule has 82 heavy (non-hydrogen) atoms. The molecule has 6 nitrogen and oxygen atoms in total. The van der Waals surface area contributed by atoms with E-state index < -0.39 is 24.5 Å². The van der Waals surface area contributed by atoms with Gasteiger partial charge in [0.25, 0.3) is 12.9 Å². The van der Waals surface area contributed by atoms with Crippen molar-refractivity contribution < 1.29 is 55.6 Å². The summed E-state index contributed by atoms with van der Waals surface area (Å²) in [5, 5.41) is 18.9. The summed E-state index contributed by atoms with van der Waals surface area (Å²) in [5.41, 5.74) is 7.81. The van der Waals surface area contributed by atoms with Crippen LogP contribution in [0.5, 0.6) is 11.5 Å². The maximum absolute atomic E-state index is 14.5. The molecule has 440 valence electrons. The van der Waals surface area contributed by atoms with E-state index in [4.69, 9.17) is 32.7 Å². The van der Waals surface area contributed by atoms with Crippen LogP contribution in [0.4, 0.5) is 26.3 Å². The minimum absolute atomic E-state index is 0.0937. The van der Waals surface area contributed by atoms with Gasteiger partial charge in [-0.25, -0.2) is 26.3 Å². The summed E-state index contributed by atoms with van der Waals surface area (Å²) in [6.45, 7) is 8.86. The number of halogens is 8. The van der Waals surface area contributed by atoms with Gasteiger partial charge in [0.2, 0.25) is 0 Å². The fraction of sp³-hybridized carbons (Fsp3) is 0.441. The van der Waals surface area contributed by atoms with Crippen molar-refractivity contribution in [1.29, 1.82) is 0 Å². The average Bonchev–Trinajstić information content (AvgIpc) is 4.56. The smallest absolute Gasteiger partial charge is 0.306 e. The molecule has 0 amide bonds. The van der Waals surface area contributed by atoms with Gasteiger partial charge in [0, 0.05) is 34.0 Å². The molecule has 0 aromatic heterocycles. The minimum atomic E-state index is -2.62. The summed E-state index contributed by atoms with van der Waals surface area (Å²) in [7, 11) is 2.82. The maximum Gasteiger partial charge on any atom is 0.306 e. The molecule has 4 aliphatic carbocycles. The lowest BCUT2D eigenvalue weighted by Gasteiger charge is -2.30. The Kier molecular flexibility index (Phi) is 22.1. The Hall–Kier alpha value is -5.98. The first-order chi connectivity index (χ1) is 39.1. The van der Waals surface area contributed by atoms with Gasteiger partial charge in [0.1, 0.15) is 23.1 Å². The van der Waals surface area contributed by atoms with Gasteiger partial charge in [0.15, 0.2) is 0 Å². The molecule has 6 aromatic carbocycles. The zero-order valence-electron chi connectivity index (χ0n) is 47.6. The molecule has 6 aromatic rings. The van der Waals surface area contributed by atoms with Gasteiger partial charge in [-0.2, -0.15) is 0 Å². The standard InChI is InChI=1S/2C21H22ClF3.2C13H16O3/c2*1-21(2)9-3-4-18(21)16-10-13(12-22)5-7-15(16)17-11-14(20(24)25)6-8-19(17)23;2*1-16-13(15)8-12(9-5-6-9)10-3-2-4-11(14)7-10/h2*5-8,10-11,18,20H,3-4,9,12H2,1-2H3;2*2-4,7,9,12,14H,5-6,8H2,1H3/t2*18-;2*12-/m1010/s1. The summed E-state index contributed by atoms with van der Waals surface area (Å²) in [4.78, 5) is 22.7. The number of carbonyl (C=O) groups is 2. The third kappa shape index (κ3) is 16.6. The molecule has 0 aliphatic heterocycles. The van der Waals surface area contributed by atoms with Crippen molar-refractivity contribution in [2.24, 2.45) is 22.7 Å². The van der Waals surface area contributed by atoms with E-state index in [1.165, 1.54) is 26.4 Å². The third-order valence-corrected chi connectivity index (χ3v) is 17.7. The zero-order chi connectivity index (χ0) is 59.5. The van der Waals surface area contributed by atoms with Crippen molar-refractivity contribution in [2.45, 2.75) is 153 Å². The van der Waals surface area contributed by atoms with E-state index in [0.29, 0.717) is 47.6 Å². The molecule has 0 unspecified atom stereocenters. The van der Waals surface area contributed by atoms with E-state index in [1.807, 2.05) is 60.7 Å². The van der Waals surface area contributed by atoms with Crippen LogP contribution in [-0.2, 0) is 30.8 Å². The lowest BCUT2D eigenvalue weighted by atomic mass is 9.75. The molecule has 14 heteroatoms. The first-order valence-electron chi connectivity index (χ1n) is 28.3. The second-order valence-electron chi connectivity index (χ2n) is 23.7.